The van der Waals surface area contributed by atoms with Gasteiger partial charge in [0.15, 0.2) is 0 Å². The molecule has 0 spiro atoms. The lowest BCUT2D eigenvalue weighted by molar-refractivity contribution is -0.140. The van der Waals surface area contributed by atoms with Gasteiger partial charge in [-0.05, 0) is 75.6 Å². The molecule has 3 aromatic rings. The van der Waals surface area contributed by atoms with Crippen molar-refractivity contribution < 1.29 is 18.0 Å². The molecule has 3 aromatic carbocycles. The molecule has 1 N–H and O–H groups in total. The molecule has 0 aliphatic heterocycles. The maximum absolute atomic E-state index is 14.2. The van der Waals surface area contributed by atoms with Gasteiger partial charge in [0.25, 0.3) is 10.0 Å². The van der Waals surface area contributed by atoms with Crippen LogP contribution in [0.3, 0.4) is 0 Å². The maximum Gasteiger partial charge on any atom is 0.264 e. The number of sulfonamides is 1. The summed E-state index contributed by atoms with van der Waals surface area (Å²) in [5.74, 6) is -0.916. The normalized spacial score (nSPS) is 12.2. The molecule has 40 heavy (non-hydrogen) atoms. The number of rotatable bonds is 11. The minimum absolute atomic E-state index is 0.0500. The van der Waals surface area contributed by atoms with Gasteiger partial charge >= 0.3 is 0 Å². The fraction of sp³-hybridized carbons (Fsp3) is 0.333. The Bertz CT molecular complexity index is 1440. The van der Waals surface area contributed by atoms with Crippen LogP contribution in [0.5, 0.6) is 0 Å². The Balaban J connectivity index is 2.14. The summed E-state index contributed by atoms with van der Waals surface area (Å²) < 4.78 is 29.1. The number of carbonyl (C=O) groups excluding carboxylic acids is 2. The van der Waals surface area contributed by atoms with Crippen molar-refractivity contribution in [2.45, 2.75) is 64.6 Å². The number of nitrogens with one attached hydrogen (secondary N) is 1. The molecule has 0 radical (unpaired) electrons. The molecule has 0 aliphatic rings. The highest BCUT2D eigenvalue weighted by Gasteiger charge is 2.35. The minimum atomic E-state index is -4.15. The van der Waals surface area contributed by atoms with E-state index in [1.807, 2.05) is 33.8 Å². The highest BCUT2D eigenvalue weighted by molar-refractivity contribution is 7.92. The first-order valence-electron chi connectivity index (χ1n) is 13.0. The van der Waals surface area contributed by atoms with E-state index in [-0.39, 0.29) is 23.4 Å². The molecule has 0 aromatic heterocycles. The zero-order valence-corrected chi connectivity index (χ0v) is 25.6. The molecule has 0 bridgehead atoms. The summed E-state index contributed by atoms with van der Waals surface area (Å²) in [6.45, 7) is 8.54. The molecule has 0 saturated carbocycles. The van der Waals surface area contributed by atoms with Crippen LogP contribution in [0.4, 0.5) is 5.69 Å². The number of benzene rings is 3. The number of carbonyl (C=O) groups is 2. The highest BCUT2D eigenvalue weighted by atomic mass is 35.5. The molecule has 0 fully saturated rings. The summed E-state index contributed by atoms with van der Waals surface area (Å²) in [4.78, 5) is 28.8. The Morgan fingerprint density at radius 3 is 2.08 bits per heavy atom. The van der Waals surface area contributed by atoms with Crippen molar-refractivity contribution in [1.82, 2.24) is 10.2 Å². The Morgan fingerprint density at radius 1 is 0.900 bits per heavy atom. The first kappa shape index (κ1) is 31.5. The van der Waals surface area contributed by atoms with Crippen molar-refractivity contribution in [1.29, 1.82) is 0 Å². The van der Waals surface area contributed by atoms with Crippen molar-refractivity contribution >= 4 is 50.7 Å². The van der Waals surface area contributed by atoms with Crippen LogP contribution < -0.4 is 9.62 Å². The number of halogens is 2. The molecular weight excluding hydrogens is 569 g/mol. The van der Waals surface area contributed by atoms with Crippen LogP contribution in [0, 0.1) is 13.8 Å². The lowest BCUT2D eigenvalue weighted by Crippen LogP contribution is -2.53. The van der Waals surface area contributed by atoms with E-state index in [2.05, 4.69) is 5.32 Å². The zero-order valence-electron chi connectivity index (χ0n) is 23.3. The van der Waals surface area contributed by atoms with Gasteiger partial charge < -0.3 is 10.2 Å². The lowest BCUT2D eigenvalue weighted by Gasteiger charge is -2.34. The molecule has 1 atom stereocenters. The molecule has 2 amide bonds. The summed E-state index contributed by atoms with van der Waals surface area (Å²) in [5, 5.41) is 3.55. The van der Waals surface area contributed by atoms with Crippen LogP contribution in [-0.4, -0.2) is 43.8 Å². The quantitative estimate of drug-likeness (QED) is 0.285. The van der Waals surface area contributed by atoms with E-state index in [1.165, 1.54) is 17.0 Å². The van der Waals surface area contributed by atoms with Gasteiger partial charge in [-0.1, -0.05) is 66.5 Å². The summed E-state index contributed by atoms with van der Waals surface area (Å²) in [6, 6.07) is 17.2. The highest BCUT2D eigenvalue weighted by Crippen LogP contribution is 2.30. The van der Waals surface area contributed by atoms with Gasteiger partial charge in [0.05, 0.1) is 10.6 Å². The predicted molar refractivity (Wildman–Crippen MR) is 161 cm³/mol. The first-order chi connectivity index (χ1) is 18.9. The second-order valence-electron chi connectivity index (χ2n) is 9.85. The van der Waals surface area contributed by atoms with Crippen LogP contribution >= 0.6 is 23.2 Å². The van der Waals surface area contributed by atoms with Gasteiger partial charge in [-0.2, -0.15) is 0 Å². The summed E-state index contributed by atoms with van der Waals surface area (Å²) >= 11 is 12.9. The SMILES string of the molecule is CC[C@H](C(=O)NC(C)C)N(Cc1c(Cl)cccc1Cl)C(=O)CN(c1cccc(C)c1C)S(=O)(=O)c1ccccc1. The number of anilines is 1. The number of amides is 2. The van der Waals surface area contributed by atoms with Gasteiger partial charge in [0.1, 0.15) is 12.6 Å². The molecule has 0 aliphatic carbocycles. The number of nitrogens with zero attached hydrogens (tertiary/aromatic N) is 2. The third-order valence-electron chi connectivity index (χ3n) is 6.66. The Labute approximate surface area is 247 Å². The van der Waals surface area contributed by atoms with E-state index in [4.69, 9.17) is 23.2 Å². The molecule has 214 valence electrons. The summed E-state index contributed by atoms with van der Waals surface area (Å²) in [7, 11) is -4.15. The van der Waals surface area contributed by atoms with Gasteiger partial charge in [0.2, 0.25) is 11.8 Å². The molecule has 10 heteroatoms. The van der Waals surface area contributed by atoms with Crippen LogP contribution in [0.2, 0.25) is 10.0 Å². The third-order valence-corrected chi connectivity index (χ3v) is 9.14. The standard InChI is InChI=1S/C30H35Cl2N3O4S/c1-6-27(30(37)33-20(2)3)34(18-24-25(31)15-11-16-26(24)32)29(36)19-35(28-17-10-12-21(4)22(28)5)40(38,39)23-13-8-7-9-14-23/h7-17,20,27H,6,18-19H2,1-5H3,(H,33,37)/t27-/m1/s1. The predicted octanol–water partition coefficient (Wildman–Crippen LogP) is 6.14. The second-order valence-corrected chi connectivity index (χ2v) is 12.5. The van der Waals surface area contributed by atoms with E-state index in [0.717, 1.165) is 15.4 Å². The molecule has 7 nitrogen and oxygen atoms in total. The molecule has 0 heterocycles. The fourth-order valence-corrected chi connectivity index (χ4v) is 6.40. The van der Waals surface area contributed by atoms with E-state index in [1.54, 1.807) is 55.5 Å². The Morgan fingerprint density at radius 2 is 1.50 bits per heavy atom. The van der Waals surface area contributed by atoms with E-state index in [0.29, 0.717) is 27.7 Å². The average Bonchev–Trinajstić information content (AvgIpc) is 2.90. The lowest BCUT2D eigenvalue weighted by atomic mass is 10.1. The molecule has 0 unspecified atom stereocenters. The smallest absolute Gasteiger partial charge is 0.264 e. The van der Waals surface area contributed by atoms with Crippen LogP contribution in [-0.2, 0) is 26.2 Å². The molecule has 3 rings (SSSR count). The van der Waals surface area contributed by atoms with Gasteiger partial charge in [-0.25, -0.2) is 8.42 Å². The molecule has 0 saturated heterocycles. The second kappa shape index (κ2) is 13.5. The Kier molecular flexibility index (Phi) is 10.6. The minimum Gasteiger partial charge on any atom is -0.352 e. The Hall–Kier alpha value is -3.07. The van der Waals surface area contributed by atoms with Crippen molar-refractivity contribution in [3.63, 3.8) is 0 Å². The number of aryl methyl sites for hydroxylation is 1. The summed E-state index contributed by atoms with van der Waals surface area (Å²) in [5.41, 5.74) is 2.45. The van der Waals surface area contributed by atoms with Gasteiger partial charge in [-0.15, -0.1) is 0 Å². The van der Waals surface area contributed by atoms with E-state index >= 15 is 0 Å². The summed E-state index contributed by atoms with van der Waals surface area (Å²) in [6.07, 6.45) is 0.293. The van der Waals surface area contributed by atoms with Gasteiger partial charge in [0, 0.05) is 28.2 Å². The van der Waals surface area contributed by atoms with Crippen molar-refractivity contribution in [3.05, 3.63) is 93.5 Å². The third kappa shape index (κ3) is 7.16. The average molecular weight is 605 g/mol. The van der Waals surface area contributed by atoms with E-state index < -0.39 is 28.5 Å². The van der Waals surface area contributed by atoms with Crippen molar-refractivity contribution in [3.8, 4) is 0 Å². The largest absolute Gasteiger partial charge is 0.352 e. The topological polar surface area (TPSA) is 86.8 Å². The maximum atomic E-state index is 14.2. The van der Waals surface area contributed by atoms with Crippen LogP contribution in [0.15, 0.2) is 71.6 Å². The van der Waals surface area contributed by atoms with Crippen molar-refractivity contribution in [2.24, 2.45) is 0 Å². The van der Waals surface area contributed by atoms with Crippen LogP contribution in [0.1, 0.15) is 43.9 Å². The zero-order chi connectivity index (χ0) is 29.6. The van der Waals surface area contributed by atoms with Gasteiger partial charge in [-0.3, -0.25) is 13.9 Å². The number of hydrogen-bond acceptors (Lipinski definition) is 4. The molecular formula is C30H35Cl2N3O4S. The first-order valence-corrected chi connectivity index (χ1v) is 15.2. The van der Waals surface area contributed by atoms with Crippen molar-refractivity contribution in [2.75, 3.05) is 10.8 Å². The fourth-order valence-electron chi connectivity index (χ4n) is 4.39. The van der Waals surface area contributed by atoms with E-state index in [9.17, 15) is 18.0 Å². The number of hydrogen-bond donors (Lipinski definition) is 1. The monoisotopic (exact) mass is 603 g/mol. The van der Waals surface area contributed by atoms with Crippen LogP contribution in [0.25, 0.3) is 0 Å².